The van der Waals surface area contributed by atoms with Gasteiger partial charge in [0.1, 0.15) is 11.6 Å². The topological polar surface area (TPSA) is 30.2 Å². The normalized spacial score (nSPS) is 10.4. The van der Waals surface area contributed by atoms with Gasteiger partial charge < -0.3 is 4.42 Å². The summed E-state index contributed by atoms with van der Waals surface area (Å²) in [6, 6.07) is 5.89. The van der Waals surface area contributed by atoms with E-state index in [9.17, 15) is 9.18 Å². The number of aldehydes is 1. The molecule has 0 aliphatic heterocycles. The molecule has 0 spiro atoms. The van der Waals surface area contributed by atoms with Gasteiger partial charge in [0.2, 0.25) is 0 Å². The van der Waals surface area contributed by atoms with Gasteiger partial charge in [-0.05, 0) is 56.1 Å². The molecule has 1 heterocycles. The van der Waals surface area contributed by atoms with Gasteiger partial charge in [-0.3, -0.25) is 4.79 Å². The highest BCUT2D eigenvalue weighted by Crippen LogP contribution is 2.36. The lowest BCUT2D eigenvalue weighted by atomic mass is 10.2. The summed E-state index contributed by atoms with van der Waals surface area (Å²) in [7, 11) is 0. The van der Waals surface area contributed by atoms with Crippen LogP contribution in [0.5, 0.6) is 0 Å². The van der Waals surface area contributed by atoms with Crippen molar-refractivity contribution in [3.63, 3.8) is 0 Å². The van der Waals surface area contributed by atoms with Gasteiger partial charge in [-0.1, -0.05) is 0 Å². The molecule has 0 atom stereocenters. The van der Waals surface area contributed by atoms with Crippen molar-refractivity contribution in [2.24, 2.45) is 0 Å². The zero-order valence-electron chi connectivity index (χ0n) is 7.84. The van der Waals surface area contributed by atoms with Crippen LogP contribution >= 0.6 is 31.9 Å². The van der Waals surface area contributed by atoms with E-state index in [1.807, 2.05) is 0 Å². The van der Waals surface area contributed by atoms with Crippen molar-refractivity contribution in [3.8, 4) is 11.3 Å². The highest BCUT2D eigenvalue weighted by molar-refractivity contribution is 9.11. The molecule has 1 aromatic carbocycles. The average Bonchev–Trinajstić information content (AvgIpc) is 2.64. The second kappa shape index (κ2) is 4.51. The Morgan fingerprint density at radius 1 is 1.19 bits per heavy atom. The molecule has 5 heteroatoms. The monoisotopic (exact) mass is 346 g/mol. The van der Waals surface area contributed by atoms with Crippen LogP contribution in [0.2, 0.25) is 0 Å². The fourth-order valence-corrected chi connectivity index (χ4v) is 2.85. The molecular formula is C11H5Br2FO2. The van der Waals surface area contributed by atoms with Crippen molar-refractivity contribution < 1.29 is 13.6 Å². The Morgan fingerprint density at radius 3 is 2.31 bits per heavy atom. The van der Waals surface area contributed by atoms with E-state index in [0.717, 1.165) is 0 Å². The molecular weight excluding hydrogens is 343 g/mol. The van der Waals surface area contributed by atoms with Gasteiger partial charge >= 0.3 is 0 Å². The number of hydrogen-bond acceptors (Lipinski definition) is 2. The van der Waals surface area contributed by atoms with Crippen LogP contribution in [0, 0.1) is 5.82 Å². The third kappa shape index (κ3) is 2.10. The van der Waals surface area contributed by atoms with E-state index >= 15 is 0 Å². The smallest absolute Gasteiger partial charge is 0.185 e. The van der Waals surface area contributed by atoms with Gasteiger partial charge in [-0.15, -0.1) is 0 Å². The van der Waals surface area contributed by atoms with Gasteiger partial charge in [-0.25, -0.2) is 4.39 Å². The largest absolute Gasteiger partial charge is 0.453 e. The minimum Gasteiger partial charge on any atom is -0.453 e. The Balaban J connectivity index is 2.59. The summed E-state index contributed by atoms with van der Waals surface area (Å²) in [6.07, 6.45) is 0.620. The second-order valence-electron chi connectivity index (χ2n) is 3.06. The van der Waals surface area contributed by atoms with E-state index in [-0.39, 0.29) is 11.6 Å². The Bertz CT molecular complexity index is 526. The van der Waals surface area contributed by atoms with Crippen LogP contribution in [0.1, 0.15) is 10.6 Å². The summed E-state index contributed by atoms with van der Waals surface area (Å²) in [5.74, 6) is 0.378. The third-order valence-electron chi connectivity index (χ3n) is 2.00. The van der Waals surface area contributed by atoms with E-state index in [4.69, 9.17) is 4.42 Å². The molecule has 0 amide bonds. The number of furan rings is 1. The van der Waals surface area contributed by atoms with Crippen LogP contribution in [0.3, 0.4) is 0 Å². The number of rotatable bonds is 2. The zero-order valence-corrected chi connectivity index (χ0v) is 11.0. The first-order valence-corrected chi connectivity index (χ1v) is 5.90. The molecule has 2 aromatic rings. The Morgan fingerprint density at radius 2 is 1.81 bits per heavy atom. The molecule has 82 valence electrons. The van der Waals surface area contributed by atoms with Crippen molar-refractivity contribution in [1.29, 1.82) is 0 Å². The number of carbonyl (C=O) groups is 1. The molecule has 2 rings (SSSR count). The molecule has 0 aliphatic rings. The van der Waals surface area contributed by atoms with Crippen LogP contribution in [0.4, 0.5) is 4.39 Å². The maximum absolute atomic E-state index is 13.0. The molecule has 2 nitrogen and oxygen atoms in total. The summed E-state index contributed by atoms with van der Waals surface area (Å²) in [6.45, 7) is 0. The molecule has 0 radical (unpaired) electrons. The SMILES string of the molecule is O=Cc1ccc(-c2c(Br)cc(F)cc2Br)o1. The fraction of sp³-hybridized carbons (Fsp3) is 0. The van der Waals surface area contributed by atoms with Gasteiger partial charge in [0.15, 0.2) is 12.0 Å². The Kier molecular flexibility index (Phi) is 3.25. The summed E-state index contributed by atoms with van der Waals surface area (Å²) in [5.41, 5.74) is 0.675. The highest BCUT2D eigenvalue weighted by Gasteiger charge is 2.13. The zero-order chi connectivity index (χ0) is 11.7. The van der Waals surface area contributed by atoms with E-state index < -0.39 is 0 Å². The summed E-state index contributed by atoms with van der Waals surface area (Å²) >= 11 is 6.49. The molecule has 0 saturated heterocycles. The van der Waals surface area contributed by atoms with Crippen molar-refractivity contribution in [2.75, 3.05) is 0 Å². The van der Waals surface area contributed by atoms with Crippen LogP contribution in [0.15, 0.2) is 37.6 Å². The molecule has 0 bridgehead atoms. The molecule has 1 aromatic heterocycles. The Labute approximate surface area is 108 Å². The third-order valence-corrected chi connectivity index (χ3v) is 3.25. The maximum Gasteiger partial charge on any atom is 0.185 e. The minimum atomic E-state index is -0.357. The standard InChI is InChI=1S/C11H5Br2FO2/c12-8-3-6(14)4-9(13)11(8)10-2-1-7(5-15)16-10/h1-5H. The number of carbonyl (C=O) groups excluding carboxylic acids is 1. The van der Waals surface area contributed by atoms with Crippen LogP contribution in [0.25, 0.3) is 11.3 Å². The molecule has 0 N–H and O–H groups in total. The van der Waals surface area contributed by atoms with E-state index in [0.29, 0.717) is 26.6 Å². The predicted molar refractivity (Wildman–Crippen MR) is 64.9 cm³/mol. The van der Waals surface area contributed by atoms with Crippen LogP contribution in [-0.4, -0.2) is 6.29 Å². The lowest BCUT2D eigenvalue weighted by Crippen LogP contribution is -1.83. The molecule has 0 unspecified atom stereocenters. The molecule has 0 saturated carbocycles. The maximum atomic E-state index is 13.0. The first kappa shape index (κ1) is 11.5. The van der Waals surface area contributed by atoms with Crippen LogP contribution in [-0.2, 0) is 0 Å². The molecule has 0 aliphatic carbocycles. The quantitative estimate of drug-likeness (QED) is 0.752. The van der Waals surface area contributed by atoms with Crippen LogP contribution < -0.4 is 0 Å². The number of benzene rings is 1. The highest BCUT2D eigenvalue weighted by atomic mass is 79.9. The predicted octanol–water partition coefficient (Wildman–Crippen LogP) is 4.42. The number of hydrogen-bond donors (Lipinski definition) is 0. The van der Waals surface area contributed by atoms with Crippen molar-refractivity contribution in [3.05, 3.63) is 44.8 Å². The molecule has 0 fully saturated rings. The van der Waals surface area contributed by atoms with E-state index in [1.165, 1.54) is 12.1 Å². The fourth-order valence-electron chi connectivity index (χ4n) is 1.33. The Hall–Kier alpha value is -0.940. The summed E-state index contributed by atoms with van der Waals surface area (Å²) in [5, 5.41) is 0. The van der Waals surface area contributed by atoms with Gasteiger partial charge in [0, 0.05) is 14.5 Å². The first-order chi connectivity index (χ1) is 7.61. The van der Waals surface area contributed by atoms with E-state index in [1.54, 1.807) is 12.1 Å². The molecule has 16 heavy (non-hydrogen) atoms. The van der Waals surface area contributed by atoms with Gasteiger partial charge in [0.25, 0.3) is 0 Å². The van der Waals surface area contributed by atoms with Crippen molar-refractivity contribution >= 4 is 38.1 Å². The average molecular weight is 348 g/mol. The summed E-state index contributed by atoms with van der Waals surface area (Å²) in [4.78, 5) is 10.5. The minimum absolute atomic E-state index is 0.234. The number of halogens is 3. The summed E-state index contributed by atoms with van der Waals surface area (Å²) < 4.78 is 19.4. The second-order valence-corrected chi connectivity index (χ2v) is 4.77. The van der Waals surface area contributed by atoms with Gasteiger partial charge in [0.05, 0.1) is 0 Å². The van der Waals surface area contributed by atoms with E-state index in [2.05, 4.69) is 31.9 Å². The van der Waals surface area contributed by atoms with Crippen molar-refractivity contribution in [1.82, 2.24) is 0 Å². The first-order valence-electron chi connectivity index (χ1n) is 4.31. The van der Waals surface area contributed by atoms with Crippen molar-refractivity contribution in [2.45, 2.75) is 0 Å². The van der Waals surface area contributed by atoms with Gasteiger partial charge in [-0.2, -0.15) is 0 Å². The lowest BCUT2D eigenvalue weighted by Gasteiger charge is -2.04. The lowest BCUT2D eigenvalue weighted by molar-refractivity contribution is 0.110.